The summed E-state index contributed by atoms with van der Waals surface area (Å²) in [6, 6.07) is 8.61. The molecule has 2 saturated carbocycles. The van der Waals surface area contributed by atoms with E-state index in [2.05, 4.69) is 25.4 Å². The molecule has 0 aliphatic heterocycles. The number of thiazole rings is 1. The van der Waals surface area contributed by atoms with Crippen molar-refractivity contribution in [1.29, 1.82) is 0 Å². The second kappa shape index (κ2) is 13.5. The van der Waals surface area contributed by atoms with Gasteiger partial charge in [0, 0.05) is 23.2 Å². The van der Waals surface area contributed by atoms with Crippen molar-refractivity contribution in [2.24, 2.45) is 0 Å². The predicted octanol–water partition coefficient (Wildman–Crippen LogP) is 6.85. The first-order chi connectivity index (χ1) is 18.7. The Hall–Kier alpha value is -2.59. The number of amides is 1. The van der Waals surface area contributed by atoms with Gasteiger partial charge in [0.2, 0.25) is 11.8 Å². The third kappa shape index (κ3) is 7.28. The van der Waals surface area contributed by atoms with Crippen LogP contribution in [0.15, 0.2) is 39.3 Å². The molecule has 204 valence electrons. The zero-order chi connectivity index (χ0) is 26.2. The molecule has 0 radical (unpaired) electrons. The van der Waals surface area contributed by atoms with Gasteiger partial charge >= 0.3 is 0 Å². The Kier molecular flexibility index (Phi) is 9.57. The Morgan fingerprint density at radius 1 is 1.05 bits per heavy atom. The lowest BCUT2D eigenvalue weighted by molar-refractivity contribution is -0.135. The molecular weight excluding hydrogens is 518 g/mol. The first kappa shape index (κ1) is 27.0. The van der Waals surface area contributed by atoms with Crippen LogP contribution in [0.5, 0.6) is 5.75 Å². The van der Waals surface area contributed by atoms with Gasteiger partial charge in [-0.15, -0.1) is 21.5 Å². The highest BCUT2D eigenvalue weighted by Gasteiger charge is 2.32. The number of ether oxygens (including phenoxy) is 1. The summed E-state index contributed by atoms with van der Waals surface area (Å²) in [7, 11) is 0. The number of anilines is 2. The molecule has 0 saturated heterocycles. The molecule has 8 nitrogen and oxygen atoms in total. The lowest BCUT2D eigenvalue weighted by Gasteiger charge is -2.41. The molecule has 0 bridgehead atoms. The summed E-state index contributed by atoms with van der Waals surface area (Å²) in [4.78, 5) is 20.3. The summed E-state index contributed by atoms with van der Waals surface area (Å²) < 4.78 is 11.4. The van der Waals surface area contributed by atoms with E-state index >= 15 is 0 Å². The Balaban J connectivity index is 1.14. The van der Waals surface area contributed by atoms with Crippen molar-refractivity contribution in [2.75, 3.05) is 17.7 Å². The van der Waals surface area contributed by atoms with Crippen molar-refractivity contribution < 1.29 is 13.9 Å². The second-order valence-corrected chi connectivity index (χ2v) is 11.8. The monoisotopic (exact) mass is 555 g/mol. The standard InChI is InChI=1S/C28H37N5O3S2/c1-2-35-24-15-13-20(14-16-24)29-27-30-21(18-37-27)17-25-31-32-28(36-25)38-19-26(34)33(22-9-5-3-6-10-22)23-11-7-4-8-12-23/h13-16,18,22-23H,2-12,17,19H2,1H3,(H,29,30). The highest BCUT2D eigenvalue weighted by atomic mass is 32.2. The molecular formula is C28H37N5O3S2. The number of carbonyl (C=O) groups excluding carboxylic acids is 1. The lowest BCUT2D eigenvalue weighted by atomic mass is 9.88. The lowest BCUT2D eigenvalue weighted by Crippen LogP contribution is -2.49. The smallest absolute Gasteiger partial charge is 0.277 e. The van der Waals surface area contributed by atoms with Crippen molar-refractivity contribution in [3.63, 3.8) is 0 Å². The van der Waals surface area contributed by atoms with Crippen LogP contribution in [0.2, 0.25) is 0 Å². The first-order valence-corrected chi connectivity index (χ1v) is 15.7. The maximum atomic E-state index is 13.4. The number of hydrogen-bond donors (Lipinski definition) is 1. The molecule has 2 fully saturated rings. The summed E-state index contributed by atoms with van der Waals surface area (Å²) in [6.07, 6.45) is 12.5. The van der Waals surface area contributed by atoms with Gasteiger partial charge in [0.05, 0.1) is 24.5 Å². The molecule has 2 aliphatic rings. The molecule has 0 spiro atoms. The van der Waals surface area contributed by atoms with E-state index in [-0.39, 0.29) is 5.91 Å². The van der Waals surface area contributed by atoms with Gasteiger partial charge in [-0.05, 0) is 56.9 Å². The molecule has 2 aliphatic carbocycles. The fraction of sp³-hybridized carbons (Fsp3) is 0.571. The van der Waals surface area contributed by atoms with Crippen LogP contribution >= 0.6 is 23.1 Å². The van der Waals surface area contributed by atoms with Gasteiger partial charge in [-0.1, -0.05) is 50.3 Å². The molecule has 10 heteroatoms. The van der Waals surface area contributed by atoms with E-state index in [0.29, 0.717) is 42.0 Å². The minimum absolute atomic E-state index is 0.220. The van der Waals surface area contributed by atoms with Gasteiger partial charge in [-0.3, -0.25) is 4.79 Å². The Morgan fingerprint density at radius 3 is 2.39 bits per heavy atom. The molecule has 1 N–H and O–H groups in total. The largest absolute Gasteiger partial charge is 0.494 e. The first-order valence-electron chi connectivity index (χ1n) is 13.9. The molecule has 5 rings (SSSR count). The summed E-state index contributed by atoms with van der Waals surface area (Å²) in [5.41, 5.74) is 1.81. The van der Waals surface area contributed by atoms with E-state index in [4.69, 9.17) is 9.15 Å². The van der Waals surface area contributed by atoms with Crippen LogP contribution in [0.3, 0.4) is 0 Å². The number of carbonyl (C=O) groups is 1. The third-order valence-electron chi connectivity index (χ3n) is 7.29. The Bertz CT molecular complexity index is 1140. The number of rotatable bonds is 11. The van der Waals surface area contributed by atoms with Crippen LogP contribution in [0.1, 0.15) is 82.7 Å². The maximum Gasteiger partial charge on any atom is 0.277 e. The molecule has 2 aromatic heterocycles. The number of nitrogens with zero attached hydrogens (tertiary/aromatic N) is 4. The van der Waals surface area contributed by atoms with Crippen LogP contribution < -0.4 is 10.1 Å². The molecule has 3 aromatic rings. The van der Waals surface area contributed by atoms with E-state index in [1.165, 1.54) is 61.6 Å². The van der Waals surface area contributed by atoms with Gasteiger partial charge in [-0.2, -0.15) is 0 Å². The minimum Gasteiger partial charge on any atom is -0.494 e. The van der Waals surface area contributed by atoms with Gasteiger partial charge in [0.1, 0.15) is 5.75 Å². The average molecular weight is 556 g/mol. The molecule has 2 heterocycles. The normalized spacial score (nSPS) is 16.9. The van der Waals surface area contributed by atoms with E-state index in [1.54, 1.807) is 0 Å². The van der Waals surface area contributed by atoms with Crippen LogP contribution in [0, 0.1) is 0 Å². The Morgan fingerprint density at radius 2 is 1.74 bits per heavy atom. The van der Waals surface area contributed by atoms with E-state index < -0.39 is 0 Å². The molecule has 1 aromatic carbocycles. The fourth-order valence-electron chi connectivity index (χ4n) is 5.51. The zero-order valence-electron chi connectivity index (χ0n) is 22.1. The highest BCUT2D eigenvalue weighted by Crippen LogP contribution is 2.31. The fourth-order valence-corrected chi connectivity index (χ4v) is 6.90. The highest BCUT2D eigenvalue weighted by molar-refractivity contribution is 7.99. The zero-order valence-corrected chi connectivity index (χ0v) is 23.7. The van der Waals surface area contributed by atoms with Crippen LogP contribution in [0.4, 0.5) is 10.8 Å². The molecule has 0 atom stereocenters. The van der Waals surface area contributed by atoms with Gasteiger partial charge < -0.3 is 19.4 Å². The quantitative estimate of drug-likeness (QED) is 0.257. The van der Waals surface area contributed by atoms with Crippen molar-refractivity contribution in [2.45, 2.75) is 94.9 Å². The van der Waals surface area contributed by atoms with E-state index in [9.17, 15) is 4.79 Å². The molecule has 0 unspecified atom stereocenters. The topological polar surface area (TPSA) is 93.4 Å². The minimum atomic E-state index is 0.220. The summed E-state index contributed by atoms with van der Waals surface area (Å²) >= 11 is 2.89. The van der Waals surface area contributed by atoms with Crippen molar-refractivity contribution in [1.82, 2.24) is 20.1 Å². The predicted molar refractivity (Wildman–Crippen MR) is 151 cm³/mol. The second-order valence-electron chi connectivity index (χ2n) is 10.0. The van der Waals surface area contributed by atoms with E-state index in [0.717, 1.165) is 47.9 Å². The van der Waals surface area contributed by atoms with Gasteiger partial charge in [0.15, 0.2) is 5.13 Å². The number of aromatic nitrogens is 3. The molecule has 1 amide bonds. The van der Waals surface area contributed by atoms with Gasteiger partial charge in [0.25, 0.3) is 5.22 Å². The summed E-state index contributed by atoms with van der Waals surface area (Å²) in [5.74, 6) is 1.93. The number of hydrogen-bond acceptors (Lipinski definition) is 9. The average Bonchev–Trinajstić information content (AvgIpc) is 3.59. The van der Waals surface area contributed by atoms with Crippen molar-refractivity contribution >= 4 is 39.8 Å². The third-order valence-corrected chi connectivity index (χ3v) is 8.90. The SMILES string of the molecule is CCOc1ccc(Nc2nc(Cc3nnc(SCC(=O)N(C4CCCCC4)C4CCCCC4)o3)cs2)cc1. The number of thioether (sulfide) groups is 1. The number of benzene rings is 1. The molecule has 38 heavy (non-hydrogen) atoms. The van der Waals surface area contributed by atoms with Crippen LogP contribution in [0.25, 0.3) is 0 Å². The van der Waals surface area contributed by atoms with E-state index in [1.807, 2.05) is 36.6 Å². The maximum absolute atomic E-state index is 13.4. The van der Waals surface area contributed by atoms with Gasteiger partial charge in [-0.25, -0.2) is 4.98 Å². The van der Waals surface area contributed by atoms with Crippen LogP contribution in [-0.4, -0.2) is 50.4 Å². The van der Waals surface area contributed by atoms with Crippen molar-refractivity contribution in [3.8, 4) is 5.75 Å². The number of nitrogens with one attached hydrogen (secondary N) is 1. The Labute approximate surface area is 233 Å². The van der Waals surface area contributed by atoms with Crippen molar-refractivity contribution in [3.05, 3.63) is 41.2 Å². The summed E-state index contributed by atoms with van der Waals surface area (Å²) in [5, 5.41) is 15.0. The van der Waals surface area contributed by atoms with Crippen LogP contribution in [-0.2, 0) is 11.2 Å². The summed E-state index contributed by atoms with van der Waals surface area (Å²) in [6.45, 7) is 2.62.